The zero-order valence-corrected chi connectivity index (χ0v) is 13.8. The summed E-state index contributed by atoms with van der Waals surface area (Å²) in [5.41, 5.74) is 6.89. The first-order valence-corrected chi connectivity index (χ1v) is 7.69. The number of hydrogen-bond acceptors (Lipinski definition) is 3. The minimum atomic E-state index is -0.286. The summed E-state index contributed by atoms with van der Waals surface area (Å²) < 4.78 is 5.48. The quantitative estimate of drug-likeness (QED) is 0.657. The van der Waals surface area contributed by atoms with Crippen LogP contribution in [0.1, 0.15) is 29.2 Å². The standard InChI is InChI=1S/C19H22N2O2/c1-4-16-5-7-17(8-6-16)12-20-21-19(22)13-23-18-10-14(2)9-15(3)11-18/h5-12H,4,13H2,1-3H3,(H,21,22)/b20-12+. The third-order valence-electron chi connectivity index (χ3n) is 3.36. The fourth-order valence-electron chi connectivity index (χ4n) is 2.22. The van der Waals surface area contributed by atoms with Gasteiger partial charge in [-0.2, -0.15) is 5.10 Å². The fourth-order valence-corrected chi connectivity index (χ4v) is 2.22. The van der Waals surface area contributed by atoms with E-state index in [1.54, 1.807) is 6.21 Å². The van der Waals surface area contributed by atoms with Gasteiger partial charge in [-0.3, -0.25) is 4.79 Å². The average molecular weight is 310 g/mol. The van der Waals surface area contributed by atoms with Gasteiger partial charge in [0.2, 0.25) is 0 Å². The van der Waals surface area contributed by atoms with Crippen molar-refractivity contribution in [1.29, 1.82) is 0 Å². The van der Waals surface area contributed by atoms with Crippen molar-refractivity contribution in [3.63, 3.8) is 0 Å². The zero-order chi connectivity index (χ0) is 16.7. The van der Waals surface area contributed by atoms with Crippen molar-refractivity contribution in [1.82, 2.24) is 5.43 Å². The molecule has 4 heteroatoms. The molecule has 1 amide bonds. The third-order valence-corrected chi connectivity index (χ3v) is 3.36. The maximum Gasteiger partial charge on any atom is 0.277 e. The molecule has 0 radical (unpaired) electrons. The van der Waals surface area contributed by atoms with E-state index in [0.717, 1.165) is 23.1 Å². The molecule has 23 heavy (non-hydrogen) atoms. The van der Waals surface area contributed by atoms with Gasteiger partial charge in [-0.1, -0.05) is 37.3 Å². The van der Waals surface area contributed by atoms with Crippen molar-refractivity contribution in [3.05, 3.63) is 64.7 Å². The lowest BCUT2D eigenvalue weighted by atomic mass is 10.1. The number of benzene rings is 2. The van der Waals surface area contributed by atoms with Gasteiger partial charge < -0.3 is 4.74 Å². The number of aryl methyl sites for hydroxylation is 3. The molecule has 0 bridgehead atoms. The van der Waals surface area contributed by atoms with E-state index in [4.69, 9.17) is 4.74 Å². The highest BCUT2D eigenvalue weighted by atomic mass is 16.5. The monoisotopic (exact) mass is 310 g/mol. The molecule has 2 aromatic carbocycles. The molecule has 4 nitrogen and oxygen atoms in total. The van der Waals surface area contributed by atoms with Crippen LogP contribution in [0.3, 0.4) is 0 Å². The van der Waals surface area contributed by atoms with Crippen LogP contribution in [0.25, 0.3) is 0 Å². The molecule has 0 aliphatic carbocycles. The van der Waals surface area contributed by atoms with Crippen LogP contribution in [0.5, 0.6) is 5.75 Å². The van der Waals surface area contributed by atoms with E-state index in [1.807, 2.05) is 50.2 Å². The number of nitrogens with one attached hydrogen (secondary N) is 1. The molecular formula is C19H22N2O2. The van der Waals surface area contributed by atoms with Crippen LogP contribution in [-0.2, 0) is 11.2 Å². The third kappa shape index (κ3) is 5.58. The minimum Gasteiger partial charge on any atom is -0.484 e. The van der Waals surface area contributed by atoms with Crippen molar-refractivity contribution < 1.29 is 9.53 Å². The lowest BCUT2D eigenvalue weighted by Crippen LogP contribution is -2.24. The molecule has 1 N–H and O–H groups in total. The van der Waals surface area contributed by atoms with Gasteiger partial charge in [0, 0.05) is 0 Å². The van der Waals surface area contributed by atoms with E-state index in [9.17, 15) is 4.79 Å². The summed E-state index contributed by atoms with van der Waals surface area (Å²) in [7, 11) is 0. The Hall–Kier alpha value is -2.62. The van der Waals surface area contributed by atoms with Crippen LogP contribution in [0.2, 0.25) is 0 Å². The van der Waals surface area contributed by atoms with E-state index in [2.05, 4.69) is 23.5 Å². The van der Waals surface area contributed by atoms with Gasteiger partial charge in [0.25, 0.3) is 5.91 Å². The predicted octanol–water partition coefficient (Wildman–Crippen LogP) is 3.39. The number of hydrazone groups is 1. The van der Waals surface area contributed by atoms with E-state index in [1.165, 1.54) is 5.56 Å². The summed E-state index contributed by atoms with van der Waals surface area (Å²) in [5.74, 6) is 0.405. The summed E-state index contributed by atoms with van der Waals surface area (Å²) in [6.45, 7) is 6.04. The number of amides is 1. The lowest BCUT2D eigenvalue weighted by molar-refractivity contribution is -0.123. The SMILES string of the molecule is CCc1ccc(/C=N/NC(=O)COc2cc(C)cc(C)c2)cc1. The van der Waals surface area contributed by atoms with E-state index >= 15 is 0 Å². The normalized spacial score (nSPS) is 10.7. The number of carbonyl (C=O) groups excluding carboxylic acids is 1. The Morgan fingerprint density at radius 2 is 1.78 bits per heavy atom. The van der Waals surface area contributed by atoms with E-state index in [0.29, 0.717) is 5.75 Å². The Morgan fingerprint density at radius 1 is 1.13 bits per heavy atom. The molecule has 0 spiro atoms. The molecule has 0 fully saturated rings. The predicted molar refractivity (Wildman–Crippen MR) is 93.0 cm³/mol. The second-order valence-corrected chi connectivity index (χ2v) is 5.50. The number of rotatable bonds is 6. The fraction of sp³-hybridized carbons (Fsp3) is 0.263. The van der Waals surface area contributed by atoms with Gasteiger partial charge in [-0.25, -0.2) is 5.43 Å². The zero-order valence-electron chi connectivity index (χ0n) is 13.8. The minimum absolute atomic E-state index is 0.0605. The Bertz CT molecular complexity index is 671. The molecule has 0 heterocycles. The molecule has 0 aliphatic heterocycles. The molecule has 0 unspecified atom stereocenters. The summed E-state index contributed by atoms with van der Waals surface area (Å²) >= 11 is 0. The maximum atomic E-state index is 11.7. The smallest absolute Gasteiger partial charge is 0.277 e. The molecule has 0 aromatic heterocycles. The van der Waals surface area contributed by atoms with Gasteiger partial charge in [-0.05, 0) is 54.7 Å². The van der Waals surface area contributed by atoms with Gasteiger partial charge in [0.1, 0.15) is 5.75 Å². The van der Waals surface area contributed by atoms with Gasteiger partial charge in [0.15, 0.2) is 6.61 Å². The molecule has 0 atom stereocenters. The summed E-state index contributed by atoms with van der Waals surface area (Å²) in [4.78, 5) is 11.7. The van der Waals surface area contributed by atoms with Crippen molar-refractivity contribution in [3.8, 4) is 5.75 Å². The number of ether oxygens (including phenoxy) is 1. The average Bonchev–Trinajstić information content (AvgIpc) is 2.53. The number of nitrogens with zero attached hydrogens (tertiary/aromatic N) is 1. The molecule has 0 aliphatic rings. The first kappa shape index (κ1) is 16.7. The van der Waals surface area contributed by atoms with Crippen LogP contribution in [0.15, 0.2) is 47.6 Å². The molecular weight excluding hydrogens is 288 g/mol. The van der Waals surface area contributed by atoms with E-state index in [-0.39, 0.29) is 12.5 Å². The van der Waals surface area contributed by atoms with Crippen molar-refractivity contribution in [2.45, 2.75) is 27.2 Å². The van der Waals surface area contributed by atoms with Crippen molar-refractivity contribution in [2.24, 2.45) is 5.10 Å². The highest BCUT2D eigenvalue weighted by Crippen LogP contribution is 2.15. The van der Waals surface area contributed by atoms with Gasteiger partial charge in [-0.15, -0.1) is 0 Å². The van der Waals surface area contributed by atoms with E-state index < -0.39 is 0 Å². The maximum absolute atomic E-state index is 11.7. The van der Waals surface area contributed by atoms with Crippen LogP contribution in [0.4, 0.5) is 0 Å². The first-order valence-electron chi connectivity index (χ1n) is 7.69. The Kier molecular flexibility index (Phi) is 5.92. The van der Waals surface area contributed by atoms with Crippen LogP contribution < -0.4 is 10.2 Å². The largest absolute Gasteiger partial charge is 0.484 e. The van der Waals surface area contributed by atoms with Crippen LogP contribution >= 0.6 is 0 Å². The molecule has 120 valence electrons. The summed E-state index contributed by atoms with van der Waals surface area (Å²) in [6, 6.07) is 13.9. The highest BCUT2D eigenvalue weighted by molar-refractivity contribution is 5.82. The van der Waals surface area contributed by atoms with Gasteiger partial charge in [0.05, 0.1) is 6.21 Å². The number of hydrogen-bond donors (Lipinski definition) is 1. The van der Waals surface area contributed by atoms with Crippen molar-refractivity contribution >= 4 is 12.1 Å². The Balaban J connectivity index is 1.81. The molecule has 2 aromatic rings. The number of carbonyl (C=O) groups is 1. The van der Waals surface area contributed by atoms with Gasteiger partial charge >= 0.3 is 0 Å². The van der Waals surface area contributed by atoms with Crippen LogP contribution in [0, 0.1) is 13.8 Å². The second kappa shape index (κ2) is 8.13. The Labute approximate surface area is 137 Å². The summed E-state index contributed by atoms with van der Waals surface area (Å²) in [5, 5.41) is 3.94. The highest BCUT2D eigenvalue weighted by Gasteiger charge is 2.02. The summed E-state index contributed by atoms with van der Waals surface area (Å²) in [6.07, 6.45) is 2.62. The van der Waals surface area contributed by atoms with Crippen LogP contribution in [-0.4, -0.2) is 18.7 Å². The molecule has 0 saturated carbocycles. The lowest BCUT2D eigenvalue weighted by Gasteiger charge is -2.07. The molecule has 0 saturated heterocycles. The van der Waals surface area contributed by atoms with Crippen molar-refractivity contribution in [2.75, 3.05) is 6.61 Å². The Morgan fingerprint density at radius 3 is 2.39 bits per heavy atom. The first-order chi connectivity index (χ1) is 11.1. The second-order valence-electron chi connectivity index (χ2n) is 5.50. The molecule has 2 rings (SSSR count). The topological polar surface area (TPSA) is 50.7 Å².